The molecule has 2 aromatic rings. The maximum absolute atomic E-state index is 6.42. The van der Waals surface area contributed by atoms with E-state index in [-0.39, 0.29) is 0 Å². The molecule has 0 saturated carbocycles. The molecule has 5 heteroatoms. The number of thiocarbonyl (C=S) groups is 1. The van der Waals surface area contributed by atoms with Gasteiger partial charge in [0, 0.05) is 17.0 Å². The number of thiophene rings is 1. The van der Waals surface area contributed by atoms with Crippen molar-refractivity contribution in [3.63, 3.8) is 0 Å². The van der Waals surface area contributed by atoms with E-state index >= 15 is 0 Å². The Labute approximate surface area is 133 Å². The summed E-state index contributed by atoms with van der Waals surface area (Å²) in [6, 6.07) is 8.38. The highest BCUT2D eigenvalue weighted by Crippen LogP contribution is 2.38. The lowest BCUT2D eigenvalue weighted by molar-refractivity contribution is 0.633. The predicted octanol–water partition coefficient (Wildman–Crippen LogP) is 4.16. The van der Waals surface area contributed by atoms with E-state index in [1.54, 1.807) is 0 Å². The van der Waals surface area contributed by atoms with Crippen LogP contribution in [0.15, 0.2) is 29.6 Å². The van der Waals surface area contributed by atoms with Gasteiger partial charge in [-0.05, 0) is 48.6 Å². The van der Waals surface area contributed by atoms with Crippen molar-refractivity contribution in [1.29, 1.82) is 0 Å². The zero-order valence-electron chi connectivity index (χ0n) is 11.1. The van der Waals surface area contributed by atoms with E-state index in [0.717, 1.165) is 24.2 Å². The number of halogens is 1. The van der Waals surface area contributed by atoms with E-state index < -0.39 is 0 Å². The molecule has 0 fully saturated rings. The van der Waals surface area contributed by atoms with Crippen molar-refractivity contribution in [3.05, 3.63) is 50.7 Å². The Bertz CT molecular complexity index is 666. The minimum atomic E-state index is 0.346. The van der Waals surface area contributed by atoms with E-state index in [0.29, 0.717) is 16.1 Å². The maximum Gasteiger partial charge on any atom is 0.104 e. The Hall–Kier alpha value is -1.10. The highest BCUT2D eigenvalue weighted by molar-refractivity contribution is 7.80. The fourth-order valence-corrected chi connectivity index (χ4v) is 4.11. The molecule has 20 heavy (non-hydrogen) atoms. The van der Waals surface area contributed by atoms with Crippen LogP contribution in [-0.4, -0.2) is 11.5 Å². The van der Waals surface area contributed by atoms with Gasteiger partial charge in [0.15, 0.2) is 0 Å². The van der Waals surface area contributed by atoms with Crippen molar-refractivity contribution in [3.8, 4) is 0 Å². The molecule has 0 bridgehead atoms. The van der Waals surface area contributed by atoms with Crippen LogP contribution in [0.2, 0.25) is 5.02 Å². The number of hydrogen-bond acceptors (Lipinski definition) is 3. The molecule has 1 aliphatic rings. The number of rotatable bonds is 2. The van der Waals surface area contributed by atoms with E-state index in [9.17, 15) is 0 Å². The summed E-state index contributed by atoms with van der Waals surface area (Å²) in [5.74, 6) is 0. The van der Waals surface area contributed by atoms with Gasteiger partial charge in [-0.2, -0.15) is 0 Å². The molecule has 0 saturated heterocycles. The van der Waals surface area contributed by atoms with Crippen LogP contribution in [0.25, 0.3) is 0 Å². The van der Waals surface area contributed by atoms with Crippen molar-refractivity contribution in [2.75, 3.05) is 11.4 Å². The second kappa shape index (κ2) is 5.35. The number of fused-ring (bicyclic) bond motifs is 1. The number of nitrogens with two attached hydrogens (primary N) is 1. The fourth-order valence-electron chi connectivity index (χ4n) is 2.73. The second-order valence-corrected chi connectivity index (χ2v) is 6.80. The quantitative estimate of drug-likeness (QED) is 0.842. The summed E-state index contributed by atoms with van der Waals surface area (Å²) in [6.45, 7) is 3.21. The van der Waals surface area contributed by atoms with Gasteiger partial charge < -0.3 is 10.6 Å². The molecule has 2 nitrogen and oxygen atoms in total. The summed E-state index contributed by atoms with van der Waals surface area (Å²) in [5.41, 5.74) is 8.93. The molecule has 3 rings (SSSR count). The first kappa shape index (κ1) is 13.9. The van der Waals surface area contributed by atoms with E-state index in [1.807, 2.05) is 29.5 Å². The van der Waals surface area contributed by atoms with Crippen LogP contribution in [0.3, 0.4) is 0 Å². The molecule has 1 aliphatic heterocycles. The summed E-state index contributed by atoms with van der Waals surface area (Å²) >= 11 is 13.3. The van der Waals surface area contributed by atoms with Gasteiger partial charge in [-0.25, -0.2) is 0 Å². The van der Waals surface area contributed by atoms with Crippen LogP contribution in [0.1, 0.15) is 29.0 Å². The lowest BCUT2D eigenvalue weighted by Crippen LogP contribution is -2.33. The van der Waals surface area contributed by atoms with Gasteiger partial charge >= 0.3 is 0 Å². The smallest absolute Gasteiger partial charge is 0.104 e. The molecule has 0 radical (unpaired) electrons. The van der Waals surface area contributed by atoms with Crippen molar-refractivity contribution in [2.24, 2.45) is 5.73 Å². The van der Waals surface area contributed by atoms with Crippen LogP contribution < -0.4 is 10.6 Å². The normalized spacial score (nSPS) is 17.9. The zero-order chi connectivity index (χ0) is 14.3. The van der Waals surface area contributed by atoms with Gasteiger partial charge in [0.05, 0.1) is 16.8 Å². The Morgan fingerprint density at radius 1 is 1.45 bits per heavy atom. The number of hydrogen-bond donors (Lipinski definition) is 1. The Morgan fingerprint density at radius 3 is 2.95 bits per heavy atom. The average molecular weight is 323 g/mol. The Balaban J connectivity index is 1.96. The zero-order valence-corrected chi connectivity index (χ0v) is 13.5. The molecule has 0 spiro atoms. The van der Waals surface area contributed by atoms with E-state index in [4.69, 9.17) is 29.6 Å². The Kier molecular flexibility index (Phi) is 3.71. The number of anilines is 1. The third kappa shape index (κ3) is 2.32. The van der Waals surface area contributed by atoms with Crippen LogP contribution in [0, 0.1) is 0 Å². The molecule has 1 atom stereocenters. The number of nitrogens with zero attached hydrogens (tertiary/aromatic N) is 1. The first-order valence-corrected chi connectivity index (χ1v) is 8.17. The molecular weight excluding hydrogens is 308 g/mol. The number of benzene rings is 1. The van der Waals surface area contributed by atoms with Gasteiger partial charge in [-0.1, -0.05) is 23.8 Å². The summed E-state index contributed by atoms with van der Waals surface area (Å²) < 4.78 is 0. The van der Waals surface area contributed by atoms with E-state index in [2.05, 4.69) is 23.3 Å². The largest absolute Gasteiger partial charge is 0.389 e. The minimum absolute atomic E-state index is 0.346. The molecule has 2 N–H and O–H groups in total. The van der Waals surface area contributed by atoms with Crippen LogP contribution in [0.5, 0.6) is 0 Å². The highest BCUT2D eigenvalue weighted by atomic mass is 35.5. The van der Waals surface area contributed by atoms with Gasteiger partial charge in [0.2, 0.25) is 0 Å². The second-order valence-electron chi connectivity index (χ2n) is 4.95. The highest BCUT2D eigenvalue weighted by Gasteiger charge is 2.26. The molecule has 1 aromatic heterocycles. The van der Waals surface area contributed by atoms with Crippen molar-refractivity contribution in [1.82, 2.24) is 0 Å². The Morgan fingerprint density at radius 2 is 2.25 bits per heavy atom. The average Bonchev–Trinajstić information content (AvgIpc) is 2.89. The van der Waals surface area contributed by atoms with Gasteiger partial charge in [-0.3, -0.25) is 0 Å². The van der Waals surface area contributed by atoms with E-state index in [1.165, 1.54) is 10.4 Å². The van der Waals surface area contributed by atoms with Gasteiger partial charge in [-0.15, -0.1) is 11.3 Å². The summed E-state index contributed by atoms with van der Waals surface area (Å²) in [5, 5.41) is 2.88. The lowest BCUT2D eigenvalue weighted by atomic mass is 10.0. The standard InChI is InChI=1S/C15H15ClN2S2/c1-9-11-5-7-20-14(11)4-6-18(9)13-3-2-10(15(17)19)8-12(13)16/h2-3,5,7-9H,4,6H2,1H3,(H2,17,19). The molecule has 0 aliphatic carbocycles. The molecule has 0 amide bonds. The molecule has 104 valence electrons. The fraction of sp³-hybridized carbons (Fsp3) is 0.267. The van der Waals surface area contributed by atoms with Crippen LogP contribution in [0.4, 0.5) is 5.69 Å². The molecule has 1 unspecified atom stereocenters. The topological polar surface area (TPSA) is 29.3 Å². The molecule has 1 aromatic carbocycles. The summed E-state index contributed by atoms with van der Waals surface area (Å²) in [4.78, 5) is 4.22. The molecular formula is C15H15ClN2S2. The predicted molar refractivity (Wildman–Crippen MR) is 91.1 cm³/mol. The summed E-state index contributed by atoms with van der Waals surface area (Å²) in [7, 11) is 0. The van der Waals surface area contributed by atoms with Crippen LogP contribution in [-0.2, 0) is 6.42 Å². The van der Waals surface area contributed by atoms with Crippen molar-refractivity contribution >= 4 is 45.8 Å². The third-order valence-electron chi connectivity index (χ3n) is 3.82. The molecule has 2 heterocycles. The maximum atomic E-state index is 6.42. The lowest BCUT2D eigenvalue weighted by Gasteiger charge is -2.36. The SMILES string of the molecule is CC1c2ccsc2CCN1c1ccc(C(N)=S)cc1Cl. The van der Waals surface area contributed by atoms with Crippen molar-refractivity contribution in [2.45, 2.75) is 19.4 Å². The minimum Gasteiger partial charge on any atom is -0.389 e. The van der Waals surface area contributed by atoms with Crippen molar-refractivity contribution < 1.29 is 0 Å². The first-order chi connectivity index (χ1) is 9.58. The van der Waals surface area contributed by atoms with Gasteiger partial charge in [0.1, 0.15) is 4.99 Å². The monoisotopic (exact) mass is 322 g/mol. The summed E-state index contributed by atoms with van der Waals surface area (Å²) in [6.07, 6.45) is 1.07. The third-order valence-corrected chi connectivity index (χ3v) is 5.35. The van der Waals surface area contributed by atoms with Gasteiger partial charge in [0.25, 0.3) is 0 Å². The first-order valence-electron chi connectivity index (χ1n) is 6.50. The van der Waals surface area contributed by atoms with Crippen LogP contribution >= 0.6 is 35.2 Å².